The fourth-order valence-corrected chi connectivity index (χ4v) is 4.76. The van der Waals surface area contributed by atoms with E-state index in [9.17, 15) is 8.42 Å². The van der Waals surface area contributed by atoms with Crippen molar-refractivity contribution in [2.45, 2.75) is 51.2 Å². The molecule has 2 N–H and O–H groups in total. The van der Waals surface area contributed by atoms with Crippen LogP contribution in [0.25, 0.3) is 5.69 Å². The number of aryl methyl sites for hydroxylation is 1. The van der Waals surface area contributed by atoms with Crippen LogP contribution in [0, 0.1) is 6.92 Å². The monoisotopic (exact) mass is 479 g/mol. The first-order valence-electron chi connectivity index (χ1n) is 11.0. The highest BCUT2D eigenvalue weighted by Crippen LogP contribution is 2.20. The molecule has 0 atom stereocenters. The van der Waals surface area contributed by atoms with E-state index < -0.39 is 10.0 Å². The largest absolute Gasteiger partial charge is 0.363 e. The number of benzene rings is 1. The first-order valence-corrected chi connectivity index (χ1v) is 12.4. The molecule has 0 spiro atoms. The molecule has 0 radical (unpaired) electrons. The molecule has 0 aliphatic carbocycles. The van der Waals surface area contributed by atoms with Crippen molar-refractivity contribution in [3.63, 3.8) is 0 Å². The number of anilines is 1. The Morgan fingerprint density at radius 3 is 2.47 bits per heavy atom. The maximum atomic E-state index is 12.9. The quantitative estimate of drug-likeness (QED) is 0.400. The topological polar surface area (TPSA) is 107 Å². The summed E-state index contributed by atoms with van der Waals surface area (Å²) in [4.78, 5) is 8.85. The molecular weight excluding hydrogens is 450 g/mol. The van der Waals surface area contributed by atoms with Gasteiger partial charge < -0.3 is 9.88 Å². The summed E-state index contributed by atoms with van der Waals surface area (Å²) in [6, 6.07) is 13.2. The Morgan fingerprint density at radius 2 is 1.76 bits per heavy atom. The molecule has 0 aliphatic rings. The van der Waals surface area contributed by atoms with E-state index in [0.717, 1.165) is 11.5 Å². The molecule has 3 aromatic heterocycles. The van der Waals surface area contributed by atoms with Crippen LogP contribution in [0.4, 0.5) is 5.82 Å². The minimum absolute atomic E-state index is 0.0804. The van der Waals surface area contributed by atoms with Crippen LogP contribution in [-0.2, 0) is 28.7 Å². The molecule has 0 fully saturated rings. The van der Waals surface area contributed by atoms with Crippen molar-refractivity contribution >= 4 is 15.8 Å². The van der Waals surface area contributed by atoms with Gasteiger partial charge in [-0.2, -0.15) is 5.10 Å². The lowest BCUT2D eigenvalue weighted by atomic mass is 10.1. The lowest BCUT2D eigenvalue weighted by Gasteiger charge is -2.23. The van der Waals surface area contributed by atoms with Gasteiger partial charge in [-0.3, -0.25) is 0 Å². The number of hydrogen-bond donors (Lipinski definition) is 2. The number of sulfonamides is 1. The predicted octanol–water partition coefficient (Wildman–Crippen LogP) is 3.62. The average Bonchev–Trinajstić information content (AvgIpc) is 3.46. The third-order valence-electron chi connectivity index (χ3n) is 5.33. The molecule has 10 heteroatoms. The van der Waals surface area contributed by atoms with Gasteiger partial charge in [-0.15, -0.1) is 0 Å². The fourth-order valence-electron chi connectivity index (χ4n) is 3.59. The van der Waals surface area contributed by atoms with E-state index in [4.69, 9.17) is 0 Å². The third-order valence-corrected chi connectivity index (χ3v) is 6.86. The summed E-state index contributed by atoms with van der Waals surface area (Å²) in [5.41, 5.74) is 2.03. The number of pyridine rings is 1. The van der Waals surface area contributed by atoms with E-state index in [2.05, 4.69) is 50.4 Å². The van der Waals surface area contributed by atoms with Crippen LogP contribution < -0.4 is 10.0 Å². The Balaban J connectivity index is 1.41. The second-order valence-corrected chi connectivity index (χ2v) is 10.7. The van der Waals surface area contributed by atoms with Gasteiger partial charge in [0.05, 0.1) is 24.5 Å². The third kappa shape index (κ3) is 5.35. The molecule has 0 saturated carbocycles. The Kier molecular flexibility index (Phi) is 6.54. The van der Waals surface area contributed by atoms with E-state index in [-0.39, 0.29) is 17.0 Å². The molecule has 9 nitrogen and oxygen atoms in total. The van der Waals surface area contributed by atoms with Crippen LogP contribution in [0.15, 0.2) is 72.1 Å². The van der Waals surface area contributed by atoms with E-state index in [0.29, 0.717) is 23.6 Å². The van der Waals surface area contributed by atoms with Crippen molar-refractivity contribution in [2.75, 3.05) is 5.32 Å². The Bertz CT molecular complexity index is 1370. The molecule has 0 bridgehead atoms. The smallest absolute Gasteiger partial charge is 0.242 e. The van der Waals surface area contributed by atoms with Gasteiger partial charge in [0.15, 0.2) is 0 Å². The minimum Gasteiger partial charge on any atom is -0.363 e. The summed E-state index contributed by atoms with van der Waals surface area (Å²) in [5, 5.41) is 7.68. The lowest BCUT2D eigenvalue weighted by molar-refractivity contribution is 0.384. The van der Waals surface area contributed by atoms with E-state index in [1.807, 2.05) is 36.5 Å². The van der Waals surface area contributed by atoms with Crippen molar-refractivity contribution < 1.29 is 8.42 Å². The van der Waals surface area contributed by atoms with Gasteiger partial charge in [0.25, 0.3) is 0 Å². The van der Waals surface area contributed by atoms with Gasteiger partial charge in [-0.1, -0.05) is 18.2 Å². The normalized spacial score (nSPS) is 12.1. The Morgan fingerprint density at radius 1 is 1.00 bits per heavy atom. The van der Waals surface area contributed by atoms with Crippen molar-refractivity contribution in [1.29, 1.82) is 0 Å². The van der Waals surface area contributed by atoms with Gasteiger partial charge in [0.2, 0.25) is 10.0 Å². The second kappa shape index (κ2) is 9.40. The van der Waals surface area contributed by atoms with Gasteiger partial charge in [0, 0.05) is 30.3 Å². The average molecular weight is 480 g/mol. The molecule has 0 saturated heterocycles. The summed E-state index contributed by atoms with van der Waals surface area (Å²) in [6.07, 6.45) is 6.89. The summed E-state index contributed by atoms with van der Waals surface area (Å²) < 4.78 is 32.2. The molecular formula is C24H29N7O2S. The first-order chi connectivity index (χ1) is 16.1. The Labute approximate surface area is 199 Å². The number of nitrogens with zero attached hydrogens (tertiary/aromatic N) is 5. The number of aromatic nitrogens is 5. The number of nitrogens with one attached hydrogen (secondary N) is 2. The molecule has 34 heavy (non-hydrogen) atoms. The maximum absolute atomic E-state index is 12.9. The van der Waals surface area contributed by atoms with Crippen LogP contribution in [0.3, 0.4) is 0 Å². The zero-order valence-corrected chi connectivity index (χ0v) is 20.5. The summed E-state index contributed by atoms with van der Waals surface area (Å²) >= 11 is 0. The van der Waals surface area contributed by atoms with Gasteiger partial charge in [-0.05, 0) is 57.5 Å². The highest BCUT2D eigenvalue weighted by molar-refractivity contribution is 7.89. The van der Waals surface area contributed by atoms with Gasteiger partial charge in [-0.25, -0.2) is 27.8 Å². The number of hydrogen-bond acceptors (Lipinski definition) is 6. The minimum atomic E-state index is -3.75. The lowest BCUT2D eigenvalue weighted by Crippen LogP contribution is -2.25. The molecule has 178 valence electrons. The summed E-state index contributed by atoms with van der Waals surface area (Å²) in [5.74, 6) is 1.46. The molecule has 1 aromatic carbocycles. The van der Waals surface area contributed by atoms with Crippen LogP contribution in [0.1, 0.15) is 37.9 Å². The highest BCUT2D eigenvalue weighted by atomic mass is 32.2. The standard InChI is InChI=1S/C24H29N7O2S/c1-18-14-22(27-17-23-25-11-13-30(23)24(2,3)4)26-16-21(18)34(32,33)28-15-19-10-12-31(29-19)20-8-6-5-7-9-20/h5-14,16,28H,15,17H2,1-4H3,(H,26,27). The van der Waals surface area contributed by atoms with Gasteiger partial charge >= 0.3 is 0 Å². The predicted molar refractivity (Wildman–Crippen MR) is 131 cm³/mol. The van der Waals surface area contributed by atoms with Crippen LogP contribution in [0.5, 0.6) is 0 Å². The van der Waals surface area contributed by atoms with E-state index in [1.54, 1.807) is 36.1 Å². The van der Waals surface area contributed by atoms with Crippen molar-refractivity contribution in [3.05, 3.63) is 84.3 Å². The molecule has 3 heterocycles. The molecule has 0 amide bonds. The highest BCUT2D eigenvalue weighted by Gasteiger charge is 2.19. The van der Waals surface area contributed by atoms with Crippen molar-refractivity contribution in [2.24, 2.45) is 0 Å². The molecule has 4 aromatic rings. The zero-order chi connectivity index (χ0) is 24.3. The molecule has 4 rings (SSSR count). The number of para-hydroxylation sites is 1. The van der Waals surface area contributed by atoms with E-state index >= 15 is 0 Å². The van der Waals surface area contributed by atoms with Crippen LogP contribution in [-0.4, -0.2) is 32.7 Å². The second-order valence-electron chi connectivity index (χ2n) is 8.98. The fraction of sp³-hybridized carbons (Fsp3) is 0.292. The zero-order valence-electron chi connectivity index (χ0n) is 19.7. The van der Waals surface area contributed by atoms with E-state index in [1.165, 1.54) is 6.20 Å². The van der Waals surface area contributed by atoms with Crippen LogP contribution >= 0.6 is 0 Å². The molecule has 0 unspecified atom stereocenters. The summed E-state index contributed by atoms with van der Waals surface area (Å²) in [7, 11) is -3.75. The number of rotatable bonds is 8. The summed E-state index contributed by atoms with van der Waals surface area (Å²) in [6.45, 7) is 8.64. The number of imidazole rings is 1. The SMILES string of the molecule is Cc1cc(NCc2nccn2C(C)(C)C)ncc1S(=O)(=O)NCc1ccn(-c2ccccc2)n1. The molecule has 0 aliphatic heterocycles. The first kappa shape index (κ1) is 23.7. The Hall–Kier alpha value is -3.50. The van der Waals surface area contributed by atoms with Gasteiger partial charge in [0.1, 0.15) is 16.5 Å². The maximum Gasteiger partial charge on any atom is 0.242 e. The van der Waals surface area contributed by atoms with Crippen molar-refractivity contribution in [1.82, 2.24) is 29.0 Å². The van der Waals surface area contributed by atoms with Crippen molar-refractivity contribution in [3.8, 4) is 5.69 Å². The van der Waals surface area contributed by atoms with Crippen LogP contribution in [0.2, 0.25) is 0 Å².